The molecule has 0 atom stereocenters. The van der Waals surface area contributed by atoms with Crippen molar-refractivity contribution in [1.82, 2.24) is 9.78 Å². The van der Waals surface area contributed by atoms with Crippen LogP contribution < -0.4 is 10.5 Å². The van der Waals surface area contributed by atoms with E-state index >= 15 is 0 Å². The lowest BCUT2D eigenvalue weighted by atomic mass is 10.2. The van der Waals surface area contributed by atoms with Crippen LogP contribution in [0.5, 0.6) is 5.88 Å². The number of benzene rings is 1. The van der Waals surface area contributed by atoms with Crippen molar-refractivity contribution >= 4 is 0 Å². The predicted molar refractivity (Wildman–Crippen MR) is 67.5 cm³/mol. The molecule has 1 heterocycles. The Balaban J connectivity index is 2.55. The standard InChI is InChI=1S/C13H17N3O/c1-9-4-6-11(7-5-9)16-13(17-3)12(8-14)10(2)15-16/h4-7H,8,14H2,1-3H3. The monoisotopic (exact) mass is 231 g/mol. The molecule has 2 rings (SSSR count). The van der Waals surface area contributed by atoms with E-state index in [2.05, 4.69) is 12.0 Å². The lowest BCUT2D eigenvalue weighted by Gasteiger charge is -2.07. The number of ether oxygens (including phenoxy) is 1. The first-order valence-corrected chi connectivity index (χ1v) is 5.57. The molecule has 0 amide bonds. The minimum absolute atomic E-state index is 0.431. The Morgan fingerprint density at radius 1 is 1.24 bits per heavy atom. The second-order valence-corrected chi connectivity index (χ2v) is 4.02. The van der Waals surface area contributed by atoms with Crippen molar-refractivity contribution in [3.05, 3.63) is 41.1 Å². The second-order valence-electron chi connectivity index (χ2n) is 4.02. The van der Waals surface area contributed by atoms with Gasteiger partial charge in [0.05, 0.1) is 24.1 Å². The molecule has 0 unspecified atom stereocenters. The average Bonchev–Trinajstić information content (AvgIpc) is 2.66. The maximum Gasteiger partial charge on any atom is 0.221 e. The van der Waals surface area contributed by atoms with Crippen molar-refractivity contribution < 1.29 is 4.74 Å². The van der Waals surface area contributed by atoms with E-state index in [9.17, 15) is 0 Å². The average molecular weight is 231 g/mol. The Kier molecular flexibility index (Phi) is 3.15. The number of nitrogens with zero attached hydrogens (tertiary/aromatic N) is 2. The number of aromatic nitrogens is 2. The highest BCUT2D eigenvalue weighted by molar-refractivity contribution is 5.42. The van der Waals surface area contributed by atoms with Crippen LogP contribution in [0.2, 0.25) is 0 Å². The van der Waals surface area contributed by atoms with Crippen molar-refractivity contribution in [3.8, 4) is 11.6 Å². The fourth-order valence-electron chi connectivity index (χ4n) is 1.84. The van der Waals surface area contributed by atoms with Gasteiger partial charge in [-0.3, -0.25) is 0 Å². The third-order valence-corrected chi connectivity index (χ3v) is 2.81. The summed E-state index contributed by atoms with van der Waals surface area (Å²) in [6, 6.07) is 8.14. The Bertz CT molecular complexity index is 514. The Hall–Kier alpha value is -1.81. The highest BCUT2D eigenvalue weighted by Crippen LogP contribution is 2.25. The van der Waals surface area contributed by atoms with Gasteiger partial charge < -0.3 is 10.5 Å². The van der Waals surface area contributed by atoms with Crippen LogP contribution in [0.1, 0.15) is 16.8 Å². The molecule has 17 heavy (non-hydrogen) atoms. The van der Waals surface area contributed by atoms with Gasteiger partial charge in [-0.2, -0.15) is 5.10 Å². The summed E-state index contributed by atoms with van der Waals surface area (Å²) in [7, 11) is 1.64. The van der Waals surface area contributed by atoms with E-state index in [0.29, 0.717) is 12.4 Å². The van der Waals surface area contributed by atoms with Crippen molar-refractivity contribution in [3.63, 3.8) is 0 Å². The maximum absolute atomic E-state index is 5.71. The van der Waals surface area contributed by atoms with Crippen molar-refractivity contribution in [2.45, 2.75) is 20.4 Å². The van der Waals surface area contributed by atoms with Gasteiger partial charge in [0.1, 0.15) is 0 Å². The topological polar surface area (TPSA) is 53.1 Å². The molecule has 1 aromatic heterocycles. The van der Waals surface area contributed by atoms with Gasteiger partial charge in [-0.25, -0.2) is 4.68 Å². The lowest BCUT2D eigenvalue weighted by Crippen LogP contribution is -2.03. The van der Waals surface area contributed by atoms with E-state index in [4.69, 9.17) is 10.5 Å². The zero-order valence-corrected chi connectivity index (χ0v) is 10.4. The van der Waals surface area contributed by atoms with E-state index in [-0.39, 0.29) is 0 Å². The van der Waals surface area contributed by atoms with E-state index in [0.717, 1.165) is 16.9 Å². The van der Waals surface area contributed by atoms with Crippen LogP contribution in [0.3, 0.4) is 0 Å². The molecule has 4 heteroatoms. The fourth-order valence-corrected chi connectivity index (χ4v) is 1.84. The van der Waals surface area contributed by atoms with Gasteiger partial charge in [-0.15, -0.1) is 0 Å². The summed E-state index contributed by atoms with van der Waals surface area (Å²) >= 11 is 0. The zero-order chi connectivity index (χ0) is 12.4. The maximum atomic E-state index is 5.71. The third-order valence-electron chi connectivity index (χ3n) is 2.81. The minimum Gasteiger partial charge on any atom is -0.481 e. The number of methoxy groups -OCH3 is 1. The molecule has 2 aromatic rings. The zero-order valence-electron chi connectivity index (χ0n) is 10.4. The van der Waals surface area contributed by atoms with Gasteiger partial charge >= 0.3 is 0 Å². The third kappa shape index (κ3) is 2.03. The Labute approximate surface area is 101 Å². The minimum atomic E-state index is 0.431. The molecule has 0 aliphatic rings. The SMILES string of the molecule is COc1c(CN)c(C)nn1-c1ccc(C)cc1. The molecule has 0 aliphatic heterocycles. The van der Waals surface area contributed by atoms with Gasteiger partial charge in [0.15, 0.2) is 0 Å². The molecule has 1 aromatic carbocycles. The molecule has 0 spiro atoms. The molecular weight excluding hydrogens is 214 g/mol. The molecule has 0 radical (unpaired) electrons. The first-order valence-electron chi connectivity index (χ1n) is 5.57. The number of rotatable bonds is 3. The van der Waals surface area contributed by atoms with Gasteiger partial charge in [-0.1, -0.05) is 17.7 Å². The summed E-state index contributed by atoms with van der Waals surface area (Å²) in [6.07, 6.45) is 0. The summed E-state index contributed by atoms with van der Waals surface area (Å²) in [6.45, 7) is 4.43. The molecule has 0 saturated carbocycles. The van der Waals surface area contributed by atoms with Crippen LogP contribution in [-0.4, -0.2) is 16.9 Å². The predicted octanol–water partition coefficient (Wildman–Crippen LogP) is 1.96. The van der Waals surface area contributed by atoms with Crippen LogP contribution in [0.25, 0.3) is 5.69 Å². The first kappa shape index (κ1) is 11.7. The Morgan fingerprint density at radius 3 is 2.41 bits per heavy atom. The number of aryl methyl sites for hydroxylation is 2. The summed E-state index contributed by atoms with van der Waals surface area (Å²) < 4.78 is 7.18. The highest BCUT2D eigenvalue weighted by Gasteiger charge is 2.15. The molecule has 0 aliphatic carbocycles. The smallest absolute Gasteiger partial charge is 0.221 e. The summed E-state index contributed by atoms with van der Waals surface area (Å²) in [5.74, 6) is 0.717. The molecule has 4 nitrogen and oxygen atoms in total. The van der Waals surface area contributed by atoms with E-state index in [1.54, 1.807) is 11.8 Å². The van der Waals surface area contributed by atoms with Crippen LogP contribution in [-0.2, 0) is 6.54 Å². The summed E-state index contributed by atoms with van der Waals surface area (Å²) in [5.41, 5.74) is 9.77. The number of hydrogen-bond acceptors (Lipinski definition) is 3. The van der Waals surface area contributed by atoms with E-state index < -0.39 is 0 Å². The molecule has 0 saturated heterocycles. The van der Waals surface area contributed by atoms with Gasteiger partial charge in [0, 0.05) is 6.54 Å². The summed E-state index contributed by atoms with van der Waals surface area (Å²) in [5, 5.41) is 4.46. The van der Waals surface area contributed by atoms with E-state index in [1.165, 1.54) is 5.56 Å². The van der Waals surface area contributed by atoms with Crippen LogP contribution in [0.15, 0.2) is 24.3 Å². The van der Waals surface area contributed by atoms with Gasteiger partial charge in [-0.05, 0) is 26.0 Å². The normalized spacial score (nSPS) is 10.6. The highest BCUT2D eigenvalue weighted by atomic mass is 16.5. The molecule has 90 valence electrons. The van der Waals surface area contributed by atoms with Gasteiger partial charge in [0.25, 0.3) is 0 Å². The van der Waals surface area contributed by atoms with Crippen molar-refractivity contribution in [2.75, 3.05) is 7.11 Å². The first-order chi connectivity index (χ1) is 8.17. The van der Waals surface area contributed by atoms with E-state index in [1.807, 2.05) is 31.2 Å². The number of hydrogen-bond donors (Lipinski definition) is 1. The molecular formula is C13H17N3O. The van der Waals surface area contributed by atoms with Gasteiger partial charge in [0.2, 0.25) is 5.88 Å². The molecule has 0 bridgehead atoms. The van der Waals surface area contributed by atoms with Crippen LogP contribution in [0, 0.1) is 13.8 Å². The van der Waals surface area contributed by atoms with Crippen LogP contribution >= 0.6 is 0 Å². The van der Waals surface area contributed by atoms with Crippen molar-refractivity contribution in [2.24, 2.45) is 5.73 Å². The Morgan fingerprint density at radius 2 is 1.88 bits per heavy atom. The largest absolute Gasteiger partial charge is 0.481 e. The second kappa shape index (κ2) is 4.59. The van der Waals surface area contributed by atoms with Crippen LogP contribution in [0.4, 0.5) is 0 Å². The lowest BCUT2D eigenvalue weighted by molar-refractivity contribution is 0.379. The van der Waals surface area contributed by atoms with Crippen molar-refractivity contribution in [1.29, 1.82) is 0 Å². The fraction of sp³-hybridized carbons (Fsp3) is 0.308. The quantitative estimate of drug-likeness (QED) is 0.878. The number of nitrogens with two attached hydrogens (primary N) is 1. The molecule has 2 N–H and O–H groups in total. The summed E-state index contributed by atoms with van der Waals surface area (Å²) in [4.78, 5) is 0. The molecule has 0 fully saturated rings.